The average Bonchev–Trinajstić information content (AvgIpc) is 3.16. The number of carbonyl (C=O) groups excluding carboxylic acids is 1. The summed E-state index contributed by atoms with van der Waals surface area (Å²) in [6.07, 6.45) is -0.0866. The van der Waals surface area contributed by atoms with Crippen LogP contribution in [-0.4, -0.2) is 19.1 Å². The summed E-state index contributed by atoms with van der Waals surface area (Å²) >= 11 is 0. The Morgan fingerprint density at radius 2 is 1.75 bits per heavy atom. The van der Waals surface area contributed by atoms with Gasteiger partial charge in [-0.2, -0.15) is 0 Å². The lowest BCUT2D eigenvalue weighted by Crippen LogP contribution is -2.18. The van der Waals surface area contributed by atoms with E-state index in [9.17, 15) is 9.18 Å². The lowest BCUT2D eigenvalue weighted by atomic mass is 10.0. The minimum Gasteiger partial charge on any atom is -0.487 e. The molecule has 0 spiro atoms. The number of furan rings is 1. The molecule has 32 heavy (non-hydrogen) atoms. The standard InChI is InChI=1S/C26H24FNO4/c1-16(2)31-23-14-21-20(13-22(23)30-15-17-7-5-4-6-8-17)24(26(29)28-3)25(32-21)18-9-11-19(27)12-10-18/h4-14,16H,15H2,1-3H3,(H,28,29). The Kier molecular flexibility index (Phi) is 6.12. The number of benzene rings is 3. The van der Waals surface area contributed by atoms with Crippen molar-refractivity contribution in [2.75, 3.05) is 7.05 Å². The molecule has 4 rings (SSSR count). The van der Waals surface area contributed by atoms with Gasteiger partial charge in [-0.05, 0) is 49.7 Å². The van der Waals surface area contributed by atoms with Gasteiger partial charge in [0.15, 0.2) is 11.5 Å². The molecule has 0 saturated carbocycles. The molecule has 1 heterocycles. The number of amides is 1. The molecule has 0 unspecified atom stereocenters. The fraction of sp³-hybridized carbons (Fsp3) is 0.192. The van der Waals surface area contributed by atoms with Crippen molar-refractivity contribution in [3.8, 4) is 22.8 Å². The molecular formula is C26H24FNO4. The van der Waals surface area contributed by atoms with Gasteiger partial charge in [-0.3, -0.25) is 4.79 Å². The first-order chi connectivity index (χ1) is 15.5. The molecular weight excluding hydrogens is 409 g/mol. The SMILES string of the molecule is CNC(=O)c1c(-c2ccc(F)cc2)oc2cc(OC(C)C)c(OCc3ccccc3)cc12. The zero-order valence-corrected chi connectivity index (χ0v) is 18.1. The molecule has 5 nitrogen and oxygen atoms in total. The van der Waals surface area contributed by atoms with E-state index in [2.05, 4.69) is 5.32 Å². The van der Waals surface area contributed by atoms with Crippen molar-refractivity contribution in [3.05, 3.63) is 83.7 Å². The summed E-state index contributed by atoms with van der Waals surface area (Å²) < 4.78 is 31.6. The maximum Gasteiger partial charge on any atom is 0.255 e. The van der Waals surface area contributed by atoms with E-state index in [0.29, 0.717) is 46.0 Å². The van der Waals surface area contributed by atoms with Crippen molar-refractivity contribution in [3.63, 3.8) is 0 Å². The van der Waals surface area contributed by atoms with Gasteiger partial charge in [0.05, 0.1) is 11.7 Å². The molecule has 3 aromatic carbocycles. The van der Waals surface area contributed by atoms with Crippen LogP contribution < -0.4 is 14.8 Å². The Morgan fingerprint density at radius 3 is 2.41 bits per heavy atom. The van der Waals surface area contributed by atoms with Crippen molar-refractivity contribution in [1.29, 1.82) is 0 Å². The zero-order chi connectivity index (χ0) is 22.7. The van der Waals surface area contributed by atoms with Crippen molar-refractivity contribution in [2.45, 2.75) is 26.6 Å². The van der Waals surface area contributed by atoms with Crippen LogP contribution in [0, 0.1) is 5.82 Å². The summed E-state index contributed by atoms with van der Waals surface area (Å²) in [6.45, 7) is 4.19. The van der Waals surface area contributed by atoms with Gasteiger partial charge >= 0.3 is 0 Å². The molecule has 4 aromatic rings. The molecule has 0 bridgehead atoms. The highest BCUT2D eigenvalue weighted by Crippen LogP contribution is 2.40. The minimum absolute atomic E-state index is 0.0866. The Morgan fingerprint density at radius 1 is 1.03 bits per heavy atom. The van der Waals surface area contributed by atoms with Crippen LogP contribution in [0.25, 0.3) is 22.3 Å². The summed E-state index contributed by atoms with van der Waals surface area (Å²) in [5, 5.41) is 3.25. The van der Waals surface area contributed by atoms with Crippen molar-refractivity contribution in [1.82, 2.24) is 5.32 Å². The van der Waals surface area contributed by atoms with Crippen LogP contribution in [0.3, 0.4) is 0 Å². The molecule has 0 fully saturated rings. The van der Waals surface area contributed by atoms with E-state index in [-0.39, 0.29) is 17.8 Å². The molecule has 0 saturated heterocycles. The molecule has 0 aliphatic rings. The highest BCUT2D eigenvalue weighted by atomic mass is 19.1. The minimum atomic E-state index is -0.365. The molecule has 0 aliphatic carbocycles. The topological polar surface area (TPSA) is 60.7 Å². The van der Waals surface area contributed by atoms with E-state index < -0.39 is 0 Å². The Labute approximate surface area is 185 Å². The fourth-order valence-corrected chi connectivity index (χ4v) is 3.45. The van der Waals surface area contributed by atoms with Crippen LogP contribution in [0.1, 0.15) is 29.8 Å². The summed E-state index contributed by atoms with van der Waals surface area (Å²) in [5.74, 6) is 0.707. The lowest BCUT2D eigenvalue weighted by Gasteiger charge is -2.15. The number of fused-ring (bicyclic) bond motifs is 1. The van der Waals surface area contributed by atoms with Crippen molar-refractivity contribution < 1.29 is 23.1 Å². The third-order valence-corrected chi connectivity index (χ3v) is 4.91. The largest absolute Gasteiger partial charge is 0.487 e. The maximum absolute atomic E-state index is 13.4. The number of hydrogen-bond donors (Lipinski definition) is 1. The smallest absolute Gasteiger partial charge is 0.255 e. The van der Waals surface area contributed by atoms with E-state index in [1.165, 1.54) is 12.1 Å². The molecule has 0 radical (unpaired) electrons. The van der Waals surface area contributed by atoms with Crippen LogP contribution in [0.5, 0.6) is 11.5 Å². The maximum atomic E-state index is 13.4. The van der Waals surface area contributed by atoms with Crippen LogP contribution in [0.4, 0.5) is 4.39 Å². The first-order valence-electron chi connectivity index (χ1n) is 10.4. The van der Waals surface area contributed by atoms with Crippen LogP contribution in [0.2, 0.25) is 0 Å². The number of rotatable bonds is 7. The second-order valence-electron chi connectivity index (χ2n) is 7.63. The quantitative estimate of drug-likeness (QED) is 0.390. The molecule has 0 atom stereocenters. The Hall–Kier alpha value is -3.80. The molecule has 0 aliphatic heterocycles. The summed E-state index contributed by atoms with van der Waals surface area (Å²) in [4.78, 5) is 12.8. The van der Waals surface area contributed by atoms with Gasteiger partial charge in [0, 0.05) is 24.1 Å². The van der Waals surface area contributed by atoms with Gasteiger partial charge in [0.25, 0.3) is 5.91 Å². The third kappa shape index (κ3) is 4.44. The van der Waals surface area contributed by atoms with Gasteiger partial charge in [-0.15, -0.1) is 0 Å². The molecule has 164 valence electrons. The zero-order valence-electron chi connectivity index (χ0n) is 18.1. The second-order valence-corrected chi connectivity index (χ2v) is 7.63. The number of hydrogen-bond acceptors (Lipinski definition) is 4. The molecule has 1 aromatic heterocycles. The first kappa shape index (κ1) is 21.4. The van der Waals surface area contributed by atoms with Crippen LogP contribution in [0.15, 0.2) is 71.1 Å². The van der Waals surface area contributed by atoms with Crippen molar-refractivity contribution >= 4 is 16.9 Å². The third-order valence-electron chi connectivity index (χ3n) is 4.91. The van der Waals surface area contributed by atoms with Gasteiger partial charge in [-0.1, -0.05) is 30.3 Å². The Bertz CT molecular complexity index is 1230. The highest BCUT2D eigenvalue weighted by molar-refractivity contribution is 6.11. The van der Waals surface area contributed by atoms with E-state index in [0.717, 1.165) is 5.56 Å². The lowest BCUT2D eigenvalue weighted by molar-refractivity contribution is 0.0964. The monoisotopic (exact) mass is 433 g/mol. The number of halogens is 1. The predicted octanol–water partition coefficient (Wildman–Crippen LogP) is 5.96. The van der Waals surface area contributed by atoms with E-state index in [1.54, 1.807) is 31.3 Å². The van der Waals surface area contributed by atoms with E-state index >= 15 is 0 Å². The van der Waals surface area contributed by atoms with Gasteiger partial charge in [0.2, 0.25) is 0 Å². The van der Waals surface area contributed by atoms with E-state index in [1.807, 2.05) is 44.2 Å². The first-order valence-corrected chi connectivity index (χ1v) is 10.4. The summed E-state index contributed by atoms with van der Waals surface area (Å²) in [7, 11) is 1.55. The number of carbonyl (C=O) groups is 1. The number of ether oxygens (including phenoxy) is 2. The molecule has 1 amide bonds. The fourth-order valence-electron chi connectivity index (χ4n) is 3.45. The molecule has 1 N–H and O–H groups in total. The second kappa shape index (κ2) is 9.14. The average molecular weight is 433 g/mol. The van der Waals surface area contributed by atoms with Gasteiger partial charge in [0.1, 0.15) is 23.8 Å². The predicted molar refractivity (Wildman–Crippen MR) is 122 cm³/mol. The summed E-state index contributed by atoms with van der Waals surface area (Å²) in [5.41, 5.74) is 2.44. The highest BCUT2D eigenvalue weighted by Gasteiger charge is 2.24. The summed E-state index contributed by atoms with van der Waals surface area (Å²) in [6, 6.07) is 19.1. The molecule has 6 heteroatoms. The van der Waals surface area contributed by atoms with Crippen LogP contribution >= 0.6 is 0 Å². The van der Waals surface area contributed by atoms with Gasteiger partial charge in [-0.25, -0.2) is 4.39 Å². The number of nitrogens with one attached hydrogen (secondary N) is 1. The Balaban J connectivity index is 1.84. The van der Waals surface area contributed by atoms with Gasteiger partial charge < -0.3 is 19.2 Å². The van der Waals surface area contributed by atoms with Crippen LogP contribution in [-0.2, 0) is 6.61 Å². The van der Waals surface area contributed by atoms with E-state index in [4.69, 9.17) is 13.9 Å². The van der Waals surface area contributed by atoms with Crippen molar-refractivity contribution in [2.24, 2.45) is 0 Å². The normalized spacial score (nSPS) is 11.0.